The second kappa shape index (κ2) is 9.55. The molecular formula is C29H22N4O3S. The third kappa shape index (κ3) is 4.25. The molecule has 0 saturated heterocycles. The standard InChI is InChI=1S/C29H22N4O3S/c34-29(32-24-14-6-8-16-27(24)37-28-17-9-7-15-25(28)32)19-31-26(21-12-4-5-13-23(21)33(35)36)18-22(30-31)20-10-2-1-3-11-20/h1-17,26H,18-19H2. The predicted molar refractivity (Wildman–Crippen MR) is 144 cm³/mol. The Labute approximate surface area is 218 Å². The van der Waals surface area contributed by atoms with Crippen molar-refractivity contribution in [2.75, 3.05) is 11.4 Å². The summed E-state index contributed by atoms with van der Waals surface area (Å²) in [5.41, 5.74) is 3.96. The molecule has 182 valence electrons. The second-order valence-corrected chi connectivity index (χ2v) is 9.90. The predicted octanol–water partition coefficient (Wildman–Crippen LogP) is 6.58. The third-order valence-electron chi connectivity index (χ3n) is 6.57. The minimum atomic E-state index is -0.439. The second-order valence-electron chi connectivity index (χ2n) is 8.81. The number of nitro groups is 1. The largest absolute Gasteiger partial charge is 0.279 e. The Morgan fingerprint density at radius 2 is 1.46 bits per heavy atom. The molecule has 0 aromatic heterocycles. The van der Waals surface area contributed by atoms with Crippen LogP contribution in [0.5, 0.6) is 0 Å². The maximum Gasteiger partial charge on any atom is 0.274 e. The molecule has 0 bridgehead atoms. The van der Waals surface area contributed by atoms with Crippen LogP contribution in [0.4, 0.5) is 17.1 Å². The topological polar surface area (TPSA) is 79.0 Å². The number of fused-ring (bicyclic) bond motifs is 2. The zero-order valence-corrected chi connectivity index (χ0v) is 20.5. The lowest BCUT2D eigenvalue weighted by atomic mass is 9.97. The van der Waals surface area contributed by atoms with Gasteiger partial charge in [0.05, 0.1) is 33.6 Å². The van der Waals surface area contributed by atoms with E-state index >= 15 is 0 Å². The number of amides is 1. The molecule has 1 atom stereocenters. The Kier molecular flexibility index (Phi) is 5.94. The molecule has 4 aromatic rings. The van der Waals surface area contributed by atoms with Crippen molar-refractivity contribution in [1.29, 1.82) is 0 Å². The van der Waals surface area contributed by atoms with E-state index in [0.29, 0.717) is 12.0 Å². The van der Waals surface area contributed by atoms with Gasteiger partial charge < -0.3 is 0 Å². The molecule has 2 aliphatic rings. The molecule has 37 heavy (non-hydrogen) atoms. The van der Waals surface area contributed by atoms with Gasteiger partial charge in [0, 0.05) is 22.3 Å². The summed E-state index contributed by atoms with van der Waals surface area (Å²) in [7, 11) is 0. The van der Waals surface area contributed by atoms with E-state index in [4.69, 9.17) is 5.10 Å². The number of para-hydroxylation sites is 3. The van der Waals surface area contributed by atoms with Gasteiger partial charge in [0.15, 0.2) is 0 Å². The van der Waals surface area contributed by atoms with Gasteiger partial charge in [-0.15, -0.1) is 0 Å². The van der Waals surface area contributed by atoms with Gasteiger partial charge in [0.1, 0.15) is 6.54 Å². The molecule has 6 rings (SSSR count). The van der Waals surface area contributed by atoms with Gasteiger partial charge in [-0.25, -0.2) is 0 Å². The molecule has 0 N–H and O–H groups in total. The number of nitro benzene ring substituents is 1. The summed E-state index contributed by atoms with van der Waals surface area (Å²) in [5.74, 6) is -0.151. The molecule has 0 fully saturated rings. The lowest BCUT2D eigenvalue weighted by molar-refractivity contribution is -0.386. The molecule has 0 aliphatic carbocycles. The van der Waals surface area contributed by atoms with Crippen LogP contribution in [0.2, 0.25) is 0 Å². The zero-order valence-electron chi connectivity index (χ0n) is 19.7. The summed E-state index contributed by atoms with van der Waals surface area (Å²) in [6.07, 6.45) is 0.463. The number of hydrogen-bond donors (Lipinski definition) is 0. The molecule has 0 saturated carbocycles. The maximum absolute atomic E-state index is 14.0. The first-order chi connectivity index (χ1) is 18.1. The van der Waals surface area contributed by atoms with Crippen molar-refractivity contribution >= 4 is 40.4 Å². The molecule has 2 aliphatic heterocycles. The average molecular weight is 507 g/mol. The fourth-order valence-electron chi connectivity index (χ4n) is 4.89. The van der Waals surface area contributed by atoms with Crippen molar-refractivity contribution < 1.29 is 9.72 Å². The highest BCUT2D eigenvalue weighted by Crippen LogP contribution is 2.48. The molecule has 8 heteroatoms. The number of carbonyl (C=O) groups excluding carboxylic acids is 1. The lowest BCUT2D eigenvalue weighted by Crippen LogP contribution is -2.37. The normalized spacial score (nSPS) is 16.1. The molecule has 0 radical (unpaired) electrons. The van der Waals surface area contributed by atoms with Crippen LogP contribution in [0.3, 0.4) is 0 Å². The Morgan fingerprint density at radius 3 is 2.14 bits per heavy atom. The van der Waals surface area contributed by atoms with Crippen molar-refractivity contribution in [3.8, 4) is 0 Å². The number of hydrazone groups is 1. The number of hydrogen-bond acceptors (Lipinski definition) is 6. The van der Waals surface area contributed by atoms with E-state index in [1.807, 2.05) is 78.9 Å². The van der Waals surface area contributed by atoms with Gasteiger partial charge in [0.25, 0.3) is 11.6 Å². The van der Waals surface area contributed by atoms with Gasteiger partial charge in [0.2, 0.25) is 0 Å². The van der Waals surface area contributed by atoms with E-state index in [9.17, 15) is 14.9 Å². The summed E-state index contributed by atoms with van der Waals surface area (Å²) < 4.78 is 0. The Balaban J connectivity index is 1.40. The van der Waals surface area contributed by atoms with Crippen molar-refractivity contribution in [3.63, 3.8) is 0 Å². The SMILES string of the molecule is O=C(CN1N=C(c2ccccc2)CC1c1ccccc1[N+](=O)[O-])N1c2ccccc2Sc2ccccc21. The van der Waals surface area contributed by atoms with Gasteiger partial charge in [-0.1, -0.05) is 78.5 Å². The van der Waals surface area contributed by atoms with Crippen molar-refractivity contribution in [3.05, 3.63) is 124 Å². The van der Waals surface area contributed by atoms with Crippen LogP contribution in [-0.2, 0) is 4.79 Å². The number of carbonyl (C=O) groups is 1. The van der Waals surface area contributed by atoms with E-state index < -0.39 is 6.04 Å². The zero-order chi connectivity index (χ0) is 25.4. The number of anilines is 2. The summed E-state index contributed by atoms with van der Waals surface area (Å²) in [6.45, 7) is -0.0274. The monoisotopic (exact) mass is 506 g/mol. The van der Waals surface area contributed by atoms with Gasteiger partial charge in [-0.2, -0.15) is 5.10 Å². The number of nitrogens with zero attached hydrogens (tertiary/aromatic N) is 4. The minimum Gasteiger partial charge on any atom is -0.279 e. The Bertz CT molecular complexity index is 1490. The van der Waals surface area contributed by atoms with Crippen LogP contribution in [0.1, 0.15) is 23.6 Å². The van der Waals surface area contributed by atoms with Gasteiger partial charge in [-0.05, 0) is 35.9 Å². The Morgan fingerprint density at radius 1 is 0.865 bits per heavy atom. The summed E-state index contributed by atoms with van der Waals surface area (Å²) in [6, 6.07) is 31.7. The number of rotatable bonds is 5. The molecule has 0 spiro atoms. The van der Waals surface area contributed by atoms with Crippen molar-refractivity contribution in [1.82, 2.24) is 5.01 Å². The summed E-state index contributed by atoms with van der Waals surface area (Å²) >= 11 is 1.64. The van der Waals surface area contributed by atoms with Crippen LogP contribution in [-0.4, -0.2) is 28.1 Å². The average Bonchev–Trinajstić information content (AvgIpc) is 3.35. The molecule has 7 nitrogen and oxygen atoms in total. The smallest absolute Gasteiger partial charge is 0.274 e. The van der Waals surface area contributed by atoms with E-state index in [1.54, 1.807) is 39.9 Å². The first kappa shape index (κ1) is 23.0. The van der Waals surface area contributed by atoms with Crippen molar-refractivity contribution in [2.24, 2.45) is 5.10 Å². The highest BCUT2D eigenvalue weighted by atomic mass is 32.2. The third-order valence-corrected chi connectivity index (χ3v) is 7.70. The van der Waals surface area contributed by atoms with Crippen LogP contribution >= 0.6 is 11.8 Å². The molecular weight excluding hydrogens is 484 g/mol. The maximum atomic E-state index is 14.0. The molecule has 2 heterocycles. The summed E-state index contributed by atoms with van der Waals surface area (Å²) in [4.78, 5) is 29.2. The van der Waals surface area contributed by atoms with Crippen LogP contribution in [0, 0.1) is 10.1 Å². The Hall–Kier alpha value is -4.43. The van der Waals surface area contributed by atoms with Crippen LogP contribution < -0.4 is 4.90 Å². The van der Waals surface area contributed by atoms with E-state index in [-0.39, 0.29) is 23.1 Å². The first-order valence-electron chi connectivity index (χ1n) is 11.9. The molecule has 1 amide bonds. The fraction of sp³-hybridized carbons (Fsp3) is 0.103. The minimum absolute atomic E-state index is 0.0273. The summed E-state index contributed by atoms with van der Waals surface area (Å²) in [5, 5.41) is 18.4. The lowest BCUT2D eigenvalue weighted by Gasteiger charge is -2.33. The fourth-order valence-corrected chi connectivity index (χ4v) is 5.95. The van der Waals surface area contributed by atoms with Crippen molar-refractivity contribution in [2.45, 2.75) is 22.3 Å². The quantitative estimate of drug-likeness (QED) is 0.226. The highest BCUT2D eigenvalue weighted by molar-refractivity contribution is 7.99. The van der Waals surface area contributed by atoms with Gasteiger partial charge in [-0.3, -0.25) is 24.8 Å². The molecule has 4 aromatic carbocycles. The number of benzene rings is 4. The highest BCUT2D eigenvalue weighted by Gasteiger charge is 2.36. The van der Waals surface area contributed by atoms with Gasteiger partial charge >= 0.3 is 0 Å². The molecule has 1 unspecified atom stereocenters. The van der Waals surface area contributed by atoms with E-state index in [0.717, 1.165) is 32.4 Å². The van der Waals surface area contributed by atoms with Crippen LogP contribution in [0.25, 0.3) is 0 Å². The van der Waals surface area contributed by atoms with E-state index in [2.05, 4.69) is 0 Å². The van der Waals surface area contributed by atoms with E-state index in [1.165, 1.54) is 6.07 Å². The van der Waals surface area contributed by atoms with Crippen LogP contribution in [0.15, 0.2) is 118 Å². The first-order valence-corrected chi connectivity index (χ1v) is 12.7.